The van der Waals surface area contributed by atoms with Gasteiger partial charge in [0, 0.05) is 5.56 Å². The van der Waals surface area contributed by atoms with Crippen LogP contribution in [0, 0.1) is 5.82 Å². The molecule has 0 aliphatic carbocycles. The van der Waals surface area contributed by atoms with E-state index in [1.807, 2.05) is 0 Å². The fourth-order valence-corrected chi connectivity index (χ4v) is 1.37. The Morgan fingerprint density at radius 3 is 2.92 bits per heavy atom. The summed E-state index contributed by atoms with van der Waals surface area (Å²) >= 11 is 1.26. The fourth-order valence-electron chi connectivity index (χ4n) is 0.925. The van der Waals surface area contributed by atoms with Gasteiger partial charge in [0.2, 0.25) is 0 Å². The molecular weight excluding hydrogens is 175 g/mol. The highest BCUT2D eigenvalue weighted by atomic mass is 32.1. The van der Waals surface area contributed by atoms with Gasteiger partial charge in [-0.15, -0.1) is 0 Å². The SMILES string of the molecule is Fc1cccc(-c2ncsn2)c1. The van der Waals surface area contributed by atoms with Gasteiger partial charge in [-0.25, -0.2) is 9.37 Å². The van der Waals surface area contributed by atoms with Crippen molar-refractivity contribution < 1.29 is 4.39 Å². The fraction of sp³-hybridized carbons (Fsp3) is 0. The summed E-state index contributed by atoms with van der Waals surface area (Å²) in [6.07, 6.45) is 0. The molecule has 0 atom stereocenters. The summed E-state index contributed by atoms with van der Waals surface area (Å²) in [7, 11) is 0. The van der Waals surface area contributed by atoms with Gasteiger partial charge in [-0.05, 0) is 23.7 Å². The third kappa shape index (κ3) is 1.33. The smallest absolute Gasteiger partial charge is 0.172 e. The van der Waals surface area contributed by atoms with Crippen molar-refractivity contribution in [3.05, 3.63) is 35.6 Å². The molecule has 2 rings (SSSR count). The minimum atomic E-state index is -0.262. The quantitative estimate of drug-likeness (QED) is 0.673. The molecule has 1 aromatic heterocycles. The molecule has 2 nitrogen and oxygen atoms in total. The third-order valence-corrected chi connectivity index (χ3v) is 1.92. The van der Waals surface area contributed by atoms with Crippen LogP contribution in [-0.4, -0.2) is 9.36 Å². The maximum atomic E-state index is 12.7. The van der Waals surface area contributed by atoms with Crippen molar-refractivity contribution in [3.8, 4) is 11.4 Å². The standard InChI is InChI=1S/C8H5FN2S/c9-7-3-1-2-6(4-7)8-10-5-12-11-8/h1-5H. The predicted octanol–water partition coefficient (Wildman–Crippen LogP) is 2.34. The van der Waals surface area contributed by atoms with Crippen LogP contribution in [0.2, 0.25) is 0 Å². The Morgan fingerprint density at radius 1 is 1.33 bits per heavy atom. The van der Waals surface area contributed by atoms with E-state index in [1.165, 1.54) is 23.7 Å². The number of hydrogen-bond donors (Lipinski definition) is 0. The Morgan fingerprint density at radius 2 is 2.25 bits per heavy atom. The van der Waals surface area contributed by atoms with Crippen LogP contribution >= 0.6 is 11.5 Å². The van der Waals surface area contributed by atoms with Crippen molar-refractivity contribution in [2.75, 3.05) is 0 Å². The number of aromatic nitrogens is 2. The molecule has 1 heterocycles. The van der Waals surface area contributed by atoms with Crippen LogP contribution in [-0.2, 0) is 0 Å². The zero-order chi connectivity index (χ0) is 8.39. The highest BCUT2D eigenvalue weighted by molar-refractivity contribution is 7.03. The first kappa shape index (κ1) is 7.36. The topological polar surface area (TPSA) is 25.8 Å². The van der Waals surface area contributed by atoms with Gasteiger partial charge in [0.15, 0.2) is 5.82 Å². The van der Waals surface area contributed by atoms with Gasteiger partial charge in [-0.2, -0.15) is 4.37 Å². The summed E-state index contributed by atoms with van der Waals surface area (Å²) in [5.41, 5.74) is 2.34. The second-order valence-corrected chi connectivity index (χ2v) is 2.87. The van der Waals surface area contributed by atoms with Crippen LogP contribution in [0.15, 0.2) is 29.8 Å². The van der Waals surface area contributed by atoms with E-state index >= 15 is 0 Å². The van der Waals surface area contributed by atoms with Crippen molar-refractivity contribution in [3.63, 3.8) is 0 Å². The molecule has 0 saturated carbocycles. The van der Waals surface area contributed by atoms with E-state index in [-0.39, 0.29) is 5.82 Å². The number of benzene rings is 1. The molecule has 0 bridgehead atoms. The highest BCUT2D eigenvalue weighted by Gasteiger charge is 2.01. The van der Waals surface area contributed by atoms with Gasteiger partial charge >= 0.3 is 0 Å². The van der Waals surface area contributed by atoms with Crippen molar-refractivity contribution in [1.29, 1.82) is 0 Å². The van der Waals surface area contributed by atoms with E-state index in [0.717, 1.165) is 5.56 Å². The lowest BCUT2D eigenvalue weighted by Crippen LogP contribution is -1.80. The lowest BCUT2D eigenvalue weighted by Gasteiger charge is -1.93. The van der Waals surface area contributed by atoms with Crippen LogP contribution in [0.3, 0.4) is 0 Å². The van der Waals surface area contributed by atoms with Crippen LogP contribution in [0.5, 0.6) is 0 Å². The zero-order valence-electron chi connectivity index (χ0n) is 6.07. The Hall–Kier alpha value is -1.29. The second-order valence-electron chi connectivity index (χ2n) is 2.27. The van der Waals surface area contributed by atoms with Crippen LogP contribution in [0.1, 0.15) is 0 Å². The molecule has 0 unspecified atom stereocenters. The first-order valence-corrected chi connectivity index (χ1v) is 4.22. The second kappa shape index (κ2) is 2.98. The summed E-state index contributed by atoms with van der Waals surface area (Å²) in [6.45, 7) is 0. The average molecular weight is 180 g/mol. The summed E-state index contributed by atoms with van der Waals surface area (Å²) < 4.78 is 16.7. The molecule has 0 radical (unpaired) electrons. The van der Waals surface area contributed by atoms with Crippen molar-refractivity contribution in [2.24, 2.45) is 0 Å². The number of halogens is 1. The number of rotatable bonds is 1. The van der Waals surface area contributed by atoms with E-state index in [0.29, 0.717) is 5.82 Å². The average Bonchev–Trinajstić information content (AvgIpc) is 2.56. The molecule has 2 aromatic rings. The van der Waals surface area contributed by atoms with E-state index in [1.54, 1.807) is 17.6 Å². The van der Waals surface area contributed by atoms with Crippen molar-refractivity contribution in [2.45, 2.75) is 0 Å². The van der Waals surface area contributed by atoms with Gasteiger partial charge < -0.3 is 0 Å². The minimum absolute atomic E-state index is 0.262. The molecule has 60 valence electrons. The van der Waals surface area contributed by atoms with E-state index in [4.69, 9.17) is 0 Å². The van der Waals surface area contributed by atoms with Crippen molar-refractivity contribution in [1.82, 2.24) is 9.36 Å². The Balaban J connectivity index is 2.48. The van der Waals surface area contributed by atoms with Gasteiger partial charge in [0.05, 0.1) is 0 Å². The van der Waals surface area contributed by atoms with Gasteiger partial charge in [-0.3, -0.25) is 0 Å². The summed E-state index contributed by atoms with van der Waals surface area (Å²) in [5.74, 6) is 0.321. The first-order valence-electron chi connectivity index (χ1n) is 3.38. The largest absolute Gasteiger partial charge is 0.223 e. The van der Waals surface area contributed by atoms with Crippen LogP contribution in [0.25, 0.3) is 11.4 Å². The minimum Gasteiger partial charge on any atom is -0.223 e. The summed E-state index contributed by atoms with van der Waals surface area (Å²) in [5, 5.41) is 0. The van der Waals surface area contributed by atoms with Crippen molar-refractivity contribution >= 4 is 11.5 Å². The van der Waals surface area contributed by atoms with Crippen LogP contribution < -0.4 is 0 Å². The Bertz CT molecular complexity index is 372. The molecule has 0 amide bonds. The molecule has 0 aliphatic heterocycles. The molecule has 0 aliphatic rings. The predicted molar refractivity (Wildman–Crippen MR) is 45.3 cm³/mol. The molecule has 0 fully saturated rings. The van der Waals surface area contributed by atoms with Gasteiger partial charge in [-0.1, -0.05) is 12.1 Å². The van der Waals surface area contributed by atoms with Crippen LogP contribution in [0.4, 0.5) is 4.39 Å². The number of hydrogen-bond acceptors (Lipinski definition) is 3. The summed E-state index contributed by atoms with van der Waals surface area (Å²) in [4.78, 5) is 3.97. The normalized spacial score (nSPS) is 10.1. The molecule has 0 spiro atoms. The van der Waals surface area contributed by atoms with E-state index < -0.39 is 0 Å². The lowest BCUT2D eigenvalue weighted by atomic mass is 10.2. The third-order valence-electron chi connectivity index (χ3n) is 1.44. The molecule has 1 aromatic carbocycles. The summed E-state index contributed by atoms with van der Waals surface area (Å²) in [6, 6.07) is 6.24. The van der Waals surface area contributed by atoms with E-state index in [9.17, 15) is 4.39 Å². The molecule has 12 heavy (non-hydrogen) atoms. The Kier molecular flexibility index (Phi) is 1.83. The number of nitrogens with zero attached hydrogens (tertiary/aromatic N) is 2. The molecular formula is C8H5FN2S. The monoisotopic (exact) mass is 180 g/mol. The molecule has 0 N–H and O–H groups in total. The highest BCUT2D eigenvalue weighted by Crippen LogP contribution is 2.15. The first-order chi connectivity index (χ1) is 5.86. The molecule has 0 saturated heterocycles. The maximum Gasteiger partial charge on any atom is 0.172 e. The Labute approximate surface area is 72.9 Å². The van der Waals surface area contributed by atoms with Gasteiger partial charge in [0.25, 0.3) is 0 Å². The van der Waals surface area contributed by atoms with Gasteiger partial charge in [0.1, 0.15) is 11.3 Å². The van der Waals surface area contributed by atoms with E-state index in [2.05, 4.69) is 9.36 Å². The lowest BCUT2D eigenvalue weighted by molar-refractivity contribution is 0.628. The maximum absolute atomic E-state index is 12.7. The molecule has 4 heteroatoms. The zero-order valence-corrected chi connectivity index (χ0v) is 6.88.